The minimum Gasteiger partial charge on any atom is -0.308 e. The number of hydrogen-bond donors (Lipinski definition) is 2. The fraction of sp³-hybridized carbons (Fsp3) is 0.250. The zero-order chi connectivity index (χ0) is 13.1. The van der Waals surface area contributed by atoms with Gasteiger partial charge in [0.1, 0.15) is 5.01 Å². The predicted octanol–water partition coefficient (Wildman–Crippen LogP) is 3.11. The number of anilines is 2. The van der Waals surface area contributed by atoms with Crippen LogP contribution in [-0.4, -0.2) is 16.2 Å². The van der Waals surface area contributed by atoms with E-state index in [0.717, 1.165) is 16.3 Å². The maximum atomic E-state index is 11.7. The first-order valence-electron chi connectivity index (χ1n) is 5.50. The number of hydrogen-bond acceptors (Lipinski definition) is 4. The smallest absolute Gasteiger partial charge is 0.308 e. The predicted molar refractivity (Wildman–Crippen MR) is 73.2 cm³/mol. The van der Waals surface area contributed by atoms with Crippen molar-refractivity contribution < 1.29 is 4.79 Å². The molecule has 0 radical (unpaired) electrons. The van der Waals surface area contributed by atoms with Gasteiger partial charge in [0, 0.05) is 5.69 Å². The molecule has 1 aromatic heterocycles. The van der Waals surface area contributed by atoms with Crippen LogP contribution in [0.2, 0.25) is 0 Å². The van der Waals surface area contributed by atoms with E-state index < -0.39 is 0 Å². The Morgan fingerprint density at radius 1 is 1.11 bits per heavy atom. The minimum absolute atomic E-state index is 0.311. The van der Waals surface area contributed by atoms with E-state index in [-0.39, 0.29) is 6.03 Å². The molecular formula is C12H14N4OS. The van der Waals surface area contributed by atoms with Crippen LogP contribution >= 0.6 is 11.3 Å². The molecule has 2 rings (SSSR count). The van der Waals surface area contributed by atoms with E-state index in [9.17, 15) is 4.79 Å². The molecule has 18 heavy (non-hydrogen) atoms. The van der Waals surface area contributed by atoms with Crippen LogP contribution in [0.25, 0.3) is 0 Å². The van der Waals surface area contributed by atoms with Crippen molar-refractivity contribution in [1.82, 2.24) is 10.2 Å². The summed E-state index contributed by atoms with van der Waals surface area (Å²) in [5.74, 6) is 0. The molecule has 6 heteroatoms. The molecule has 0 bridgehead atoms. The van der Waals surface area contributed by atoms with Crippen LogP contribution < -0.4 is 10.6 Å². The van der Waals surface area contributed by atoms with Crippen molar-refractivity contribution >= 4 is 28.2 Å². The molecule has 94 valence electrons. The lowest BCUT2D eigenvalue weighted by Gasteiger charge is -2.07. The Kier molecular flexibility index (Phi) is 3.57. The van der Waals surface area contributed by atoms with Gasteiger partial charge in [-0.3, -0.25) is 5.32 Å². The second-order valence-electron chi connectivity index (χ2n) is 4.00. The summed E-state index contributed by atoms with van der Waals surface area (Å²) in [5.41, 5.74) is 3.09. The maximum Gasteiger partial charge on any atom is 0.325 e. The summed E-state index contributed by atoms with van der Waals surface area (Å²) in [7, 11) is 0. The Balaban J connectivity index is 2.00. The molecule has 0 atom stereocenters. The second-order valence-corrected chi connectivity index (χ2v) is 5.19. The summed E-state index contributed by atoms with van der Waals surface area (Å²) in [5, 5.41) is 14.4. The van der Waals surface area contributed by atoms with Crippen LogP contribution in [0.3, 0.4) is 0 Å². The van der Waals surface area contributed by atoms with Crippen molar-refractivity contribution in [3.63, 3.8) is 0 Å². The average molecular weight is 262 g/mol. The molecule has 0 saturated heterocycles. The molecule has 0 unspecified atom stereocenters. The third-order valence-electron chi connectivity index (χ3n) is 2.51. The van der Waals surface area contributed by atoms with Crippen LogP contribution in [0, 0.1) is 20.8 Å². The Labute approximate surface area is 109 Å². The van der Waals surface area contributed by atoms with Crippen LogP contribution in [0.15, 0.2) is 18.2 Å². The molecule has 5 nitrogen and oxygen atoms in total. The van der Waals surface area contributed by atoms with Crippen molar-refractivity contribution in [2.24, 2.45) is 0 Å². The molecule has 0 aliphatic rings. The van der Waals surface area contributed by atoms with Gasteiger partial charge in [-0.05, 0) is 44.0 Å². The van der Waals surface area contributed by atoms with Crippen molar-refractivity contribution in [2.75, 3.05) is 10.6 Å². The molecule has 2 amide bonds. The number of nitrogens with one attached hydrogen (secondary N) is 2. The maximum absolute atomic E-state index is 11.7. The lowest BCUT2D eigenvalue weighted by atomic mass is 10.1. The SMILES string of the molecule is Cc1nnc(NC(=O)Nc2ccc(C)c(C)c2)s1. The molecule has 2 aromatic rings. The molecule has 0 spiro atoms. The number of carbonyl (C=O) groups excluding carboxylic acids is 1. The van der Waals surface area contributed by atoms with Crippen molar-refractivity contribution in [1.29, 1.82) is 0 Å². The van der Waals surface area contributed by atoms with Gasteiger partial charge >= 0.3 is 6.03 Å². The average Bonchev–Trinajstić information content (AvgIpc) is 2.69. The number of urea groups is 1. The first-order valence-corrected chi connectivity index (χ1v) is 6.31. The van der Waals surface area contributed by atoms with Crippen LogP contribution in [0.1, 0.15) is 16.1 Å². The number of rotatable bonds is 2. The number of nitrogens with zero attached hydrogens (tertiary/aromatic N) is 2. The third-order valence-corrected chi connectivity index (χ3v) is 3.27. The van der Waals surface area contributed by atoms with E-state index in [1.807, 2.05) is 39.0 Å². The van der Waals surface area contributed by atoms with E-state index in [4.69, 9.17) is 0 Å². The highest BCUT2D eigenvalue weighted by Gasteiger charge is 2.06. The molecule has 0 aliphatic heterocycles. The Bertz CT molecular complexity index is 579. The zero-order valence-corrected chi connectivity index (χ0v) is 11.3. The lowest BCUT2D eigenvalue weighted by molar-refractivity contribution is 0.262. The molecule has 1 aromatic carbocycles. The standard InChI is InChI=1S/C12H14N4OS/c1-7-4-5-10(6-8(7)2)13-11(17)14-12-16-15-9(3)18-12/h4-6H,1-3H3,(H2,13,14,16,17). The molecule has 1 heterocycles. The molecule has 0 aliphatic carbocycles. The number of aryl methyl sites for hydroxylation is 3. The van der Waals surface area contributed by atoms with Gasteiger partial charge in [0.2, 0.25) is 5.13 Å². The molecule has 0 fully saturated rings. The summed E-state index contributed by atoms with van der Waals surface area (Å²) in [6.07, 6.45) is 0. The number of benzene rings is 1. The molecular weight excluding hydrogens is 248 g/mol. The zero-order valence-electron chi connectivity index (χ0n) is 10.4. The van der Waals surface area contributed by atoms with Crippen molar-refractivity contribution in [3.8, 4) is 0 Å². The van der Waals surface area contributed by atoms with Gasteiger partial charge in [-0.25, -0.2) is 4.79 Å². The molecule has 0 saturated carbocycles. The fourth-order valence-corrected chi connectivity index (χ4v) is 2.01. The van der Waals surface area contributed by atoms with Crippen molar-refractivity contribution in [3.05, 3.63) is 34.3 Å². The number of carbonyl (C=O) groups is 1. The van der Waals surface area contributed by atoms with Crippen LogP contribution in [-0.2, 0) is 0 Å². The van der Waals surface area contributed by atoms with Gasteiger partial charge in [0.15, 0.2) is 0 Å². The molecule has 2 N–H and O–H groups in total. The summed E-state index contributed by atoms with van der Waals surface area (Å²) >= 11 is 1.34. The van der Waals surface area contributed by atoms with Gasteiger partial charge in [0.05, 0.1) is 0 Å². The second kappa shape index (κ2) is 5.14. The Hall–Kier alpha value is -1.95. The monoisotopic (exact) mass is 262 g/mol. The fourth-order valence-electron chi connectivity index (χ4n) is 1.43. The first-order chi connectivity index (χ1) is 8.54. The van der Waals surface area contributed by atoms with Gasteiger partial charge < -0.3 is 5.32 Å². The summed E-state index contributed by atoms with van der Waals surface area (Å²) in [6, 6.07) is 5.46. The van der Waals surface area contributed by atoms with E-state index in [1.165, 1.54) is 16.9 Å². The van der Waals surface area contributed by atoms with E-state index in [1.54, 1.807) is 0 Å². The number of amides is 2. The highest BCUT2D eigenvalue weighted by Crippen LogP contribution is 2.16. The largest absolute Gasteiger partial charge is 0.325 e. The van der Waals surface area contributed by atoms with Gasteiger partial charge in [-0.15, -0.1) is 10.2 Å². The summed E-state index contributed by atoms with van der Waals surface area (Å²) in [6.45, 7) is 5.87. The summed E-state index contributed by atoms with van der Waals surface area (Å²) in [4.78, 5) is 11.7. The van der Waals surface area contributed by atoms with E-state index >= 15 is 0 Å². The van der Waals surface area contributed by atoms with Gasteiger partial charge in [-0.1, -0.05) is 17.4 Å². The normalized spacial score (nSPS) is 10.2. The van der Waals surface area contributed by atoms with Gasteiger partial charge in [-0.2, -0.15) is 0 Å². The quantitative estimate of drug-likeness (QED) is 0.873. The lowest BCUT2D eigenvalue weighted by Crippen LogP contribution is -2.19. The Morgan fingerprint density at radius 2 is 1.89 bits per heavy atom. The number of aromatic nitrogens is 2. The minimum atomic E-state index is -0.311. The highest BCUT2D eigenvalue weighted by molar-refractivity contribution is 7.15. The van der Waals surface area contributed by atoms with Crippen LogP contribution in [0.4, 0.5) is 15.6 Å². The third kappa shape index (κ3) is 3.04. The van der Waals surface area contributed by atoms with Gasteiger partial charge in [0.25, 0.3) is 0 Å². The Morgan fingerprint density at radius 3 is 2.50 bits per heavy atom. The van der Waals surface area contributed by atoms with E-state index in [2.05, 4.69) is 20.8 Å². The first kappa shape index (κ1) is 12.5. The topological polar surface area (TPSA) is 66.9 Å². The highest BCUT2D eigenvalue weighted by atomic mass is 32.1. The van der Waals surface area contributed by atoms with Crippen LogP contribution in [0.5, 0.6) is 0 Å². The summed E-state index contributed by atoms with van der Waals surface area (Å²) < 4.78 is 0. The van der Waals surface area contributed by atoms with E-state index in [0.29, 0.717) is 5.13 Å². The van der Waals surface area contributed by atoms with Crippen molar-refractivity contribution in [2.45, 2.75) is 20.8 Å².